The maximum Gasteiger partial charge on any atom is 0.0917 e. The number of rotatable bonds is 5. The first-order valence-electron chi connectivity index (χ1n) is 4.68. The molecule has 0 aromatic carbocycles. The molecule has 0 fully saturated rings. The molecule has 0 radical (unpaired) electrons. The topological polar surface area (TPSA) is 56.0 Å². The maximum atomic E-state index is 11.0. The molecule has 1 aromatic rings. The lowest BCUT2D eigenvalue weighted by molar-refractivity contribution is 0.579. The van der Waals surface area contributed by atoms with Crippen LogP contribution in [0.15, 0.2) is 10.9 Å². The average molecular weight is 232 g/mol. The highest BCUT2D eigenvalue weighted by molar-refractivity contribution is 7.83. The van der Waals surface area contributed by atoms with Gasteiger partial charge in [-0.15, -0.1) is 11.3 Å². The average Bonchev–Trinajstić information content (AvgIpc) is 2.66. The van der Waals surface area contributed by atoms with Crippen molar-refractivity contribution in [2.24, 2.45) is 5.14 Å². The summed E-state index contributed by atoms with van der Waals surface area (Å²) in [7, 11) is -1.22. The van der Waals surface area contributed by atoms with Gasteiger partial charge >= 0.3 is 0 Å². The van der Waals surface area contributed by atoms with Crippen molar-refractivity contribution in [3.05, 3.63) is 16.6 Å². The third kappa shape index (κ3) is 3.15. The molecular weight excluding hydrogens is 216 g/mol. The molecule has 1 aromatic heterocycles. The second kappa shape index (κ2) is 5.58. The van der Waals surface area contributed by atoms with Gasteiger partial charge in [0.05, 0.1) is 22.2 Å². The molecule has 0 amide bonds. The van der Waals surface area contributed by atoms with Gasteiger partial charge in [0, 0.05) is 16.5 Å². The van der Waals surface area contributed by atoms with Gasteiger partial charge in [0.1, 0.15) is 0 Å². The monoisotopic (exact) mass is 232 g/mol. The van der Waals surface area contributed by atoms with Crippen molar-refractivity contribution in [2.75, 3.05) is 0 Å². The predicted octanol–water partition coefficient (Wildman–Crippen LogP) is 2.04. The second-order valence-corrected chi connectivity index (χ2v) is 5.57. The number of hydrogen-bond donors (Lipinski definition) is 1. The molecule has 5 heteroatoms. The Hall–Kier alpha value is -0.260. The zero-order valence-electron chi connectivity index (χ0n) is 8.47. The highest BCUT2D eigenvalue weighted by atomic mass is 32.2. The van der Waals surface area contributed by atoms with Crippen LogP contribution in [-0.4, -0.2) is 14.4 Å². The van der Waals surface area contributed by atoms with Crippen LogP contribution in [0.25, 0.3) is 0 Å². The Balaban J connectivity index is 2.60. The van der Waals surface area contributed by atoms with Crippen LogP contribution in [0.5, 0.6) is 0 Å². The van der Waals surface area contributed by atoms with E-state index in [9.17, 15) is 4.21 Å². The smallest absolute Gasteiger partial charge is 0.0917 e. The van der Waals surface area contributed by atoms with Crippen molar-refractivity contribution < 1.29 is 4.21 Å². The van der Waals surface area contributed by atoms with Crippen molar-refractivity contribution in [1.82, 2.24) is 4.98 Å². The fraction of sp³-hybridized carbons (Fsp3) is 0.667. The first-order chi connectivity index (χ1) is 6.65. The third-order valence-corrected chi connectivity index (χ3v) is 3.97. The second-order valence-electron chi connectivity index (χ2n) is 3.39. The molecule has 3 nitrogen and oxygen atoms in total. The number of nitrogens with zero attached hydrogens (tertiary/aromatic N) is 1. The molecule has 2 N–H and O–H groups in total. The Morgan fingerprint density at radius 1 is 1.71 bits per heavy atom. The molecule has 3 atom stereocenters. The first kappa shape index (κ1) is 11.8. The van der Waals surface area contributed by atoms with Gasteiger partial charge in [-0.1, -0.05) is 6.92 Å². The number of nitrogens with two attached hydrogens (primary N) is 1. The predicted molar refractivity (Wildman–Crippen MR) is 61.6 cm³/mol. The van der Waals surface area contributed by atoms with E-state index >= 15 is 0 Å². The summed E-state index contributed by atoms with van der Waals surface area (Å²) >= 11 is 1.60. The minimum Gasteiger partial charge on any atom is -0.252 e. The number of aromatic nitrogens is 1. The Labute approximate surface area is 91.3 Å². The lowest BCUT2D eigenvalue weighted by atomic mass is 9.98. The van der Waals surface area contributed by atoms with E-state index in [-0.39, 0.29) is 5.25 Å². The molecule has 14 heavy (non-hydrogen) atoms. The van der Waals surface area contributed by atoms with Crippen LogP contribution in [0.3, 0.4) is 0 Å². The summed E-state index contributed by atoms with van der Waals surface area (Å²) in [5.74, 6) is 0.392. The molecule has 0 aliphatic heterocycles. The van der Waals surface area contributed by atoms with Gasteiger partial charge in [-0.2, -0.15) is 0 Å². The van der Waals surface area contributed by atoms with E-state index in [0.717, 1.165) is 18.5 Å². The Morgan fingerprint density at radius 3 is 2.86 bits per heavy atom. The molecule has 2 unspecified atom stereocenters. The van der Waals surface area contributed by atoms with E-state index in [1.807, 2.05) is 12.4 Å². The highest BCUT2D eigenvalue weighted by Gasteiger charge is 2.17. The van der Waals surface area contributed by atoms with E-state index < -0.39 is 11.0 Å². The number of thiazole rings is 1. The van der Waals surface area contributed by atoms with Crippen LogP contribution in [-0.2, 0) is 11.0 Å². The highest BCUT2D eigenvalue weighted by Crippen LogP contribution is 2.25. The summed E-state index contributed by atoms with van der Waals surface area (Å²) in [6.45, 7) is 4.04. The normalized spacial score (nSPS) is 17.6. The summed E-state index contributed by atoms with van der Waals surface area (Å²) in [6.07, 6.45) is 1.87. The molecule has 0 aliphatic carbocycles. The van der Waals surface area contributed by atoms with Crippen molar-refractivity contribution in [3.8, 4) is 0 Å². The van der Waals surface area contributed by atoms with Gasteiger partial charge in [0.25, 0.3) is 0 Å². The largest absolute Gasteiger partial charge is 0.252 e. The number of hydrogen-bond acceptors (Lipinski definition) is 3. The zero-order valence-corrected chi connectivity index (χ0v) is 10.1. The van der Waals surface area contributed by atoms with Gasteiger partial charge in [0.15, 0.2) is 0 Å². The molecule has 0 spiro atoms. The standard InChI is InChI=1S/C9H16N2OS2/c1-3-8(4-7(2)14(10)12)9-5-13-6-11-9/h5-8H,3-4,10H2,1-2H3/t7?,8-,14?/m0/s1. The lowest BCUT2D eigenvalue weighted by Gasteiger charge is -2.15. The van der Waals surface area contributed by atoms with Gasteiger partial charge < -0.3 is 0 Å². The van der Waals surface area contributed by atoms with E-state index in [0.29, 0.717) is 5.92 Å². The molecule has 0 saturated carbocycles. The Morgan fingerprint density at radius 2 is 2.43 bits per heavy atom. The lowest BCUT2D eigenvalue weighted by Crippen LogP contribution is -2.20. The summed E-state index contributed by atoms with van der Waals surface area (Å²) < 4.78 is 11.0. The van der Waals surface area contributed by atoms with Gasteiger partial charge in [-0.25, -0.2) is 9.19 Å². The fourth-order valence-corrected chi connectivity index (χ4v) is 2.47. The van der Waals surface area contributed by atoms with E-state index in [2.05, 4.69) is 17.3 Å². The van der Waals surface area contributed by atoms with Gasteiger partial charge in [-0.05, 0) is 19.8 Å². The molecule has 1 heterocycles. The van der Waals surface area contributed by atoms with Gasteiger partial charge in [-0.3, -0.25) is 5.14 Å². The molecule has 0 bridgehead atoms. The van der Waals surface area contributed by atoms with Crippen molar-refractivity contribution in [1.29, 1.82) is 0 Å². The van der Waals surface area contributed by atoms with Gasteiger partial charge in [0.2, 0.25) is 0 Å². The van der Waals surface area contributed by atoms with Crippen LogP contribution in [0, 0.1) is 0 Å². The minimum absolute atomic E-state index is 0.0432. The minimum atomic E-state index is -1.22. The maximum absolute atomic E-state index is 11.0. The van der Waals surface area contributed by atoms with Crippen LogP contribution in [0.1, 0.15) is 38.3 Å². The molecule has 0 aliphatic rings. The van der Waals surface area contributed by atoms with Crippen LogP contribution in [0.2, 0.25) is 0 Å². The van der Waals surface area contributed by atoms with Crippen LogP contribution >= 0.6 is 11.3 Å². The van der Waals surface area contributed by atoms with Crippen molar-refractivity contribution in [2.45, 2.75) is 37.9 Å². The van der Waals surface area contributed by atoms with E-state index in [1.165, 1.54) is 0 Å². The molecule has 80 valence electrons. The summed E-state index contributed by atoms with van der Waals surface area (Å²) in [6, 6.07) is 0. The SMILES string of the molecule is CC[C@@H](CC(C)S(N)=O)c1cscn1. The Kier molecular flexibility index (Phi) is 4.71. The van der Waals surface area contributed by atoms with E-state index in [1.54, 1.807) is 11.3 Å². The quantitative estimate of drug-likeness (QED) is 0.844. The van der Waals surface area contributed by atoms with Crippen molar-refractivity contribution in [3.63, 3.8) is 0 Å². The van der Waals surface area contributed by atoms with E-state index in [4.69, 9.17) is 5.14 Å². The van der Waals surface area contributed by atoms with Crippen LogP contribution in [0.4, 0.5) is 0 Å². The molecular formula is C9H16N2OS2. The fourth-order valence-electron chi connectivity index (χ4n) is 1.42. The third-order valence-electron chi connectivity index (χ3n) is 2.38. The van der Waals surface area contributed by atoms with Crippen molar-refractivity contribution >= 4 is 22.3 Å². The molecule has 0 saturated heterocycles. The first-order valence-corrected chi connectivity index (χ1v) is 6.90. The zero-order chi connectivity index (χ0) is 10.6. The Bertz CT molecular complexity index is 287. The van der Waals surface area contributed by atoms with Crippen LogP contribution < -0.4 is 5.14 Å². The summed E-state index contributed by atoms with van der Waals surface area (Å²) in [5, 5.41) is 7.45. The molecule has 1 rings (SSSR count). The summed E-state index contributed by atoms with van der Waals surface area (Å²) in [4.78, 5) is 4.28. The summed E-state index contributed by atoms with van der Waals surface area (Å²) in [5.41, 5.74) is 2.94.